The van der Waals surface area contributed by atoms with E-state index in [-0.39, 0.29) is 17.6 Å². The summed E-state index contributed by atoms with van der Waals surface area (Å²) in [5.74, 6) is -0.115. The quantitative estimate of drug-likeness (QED) is 0.678. The van der Waals surface area contributed by atoms with Gasteiger partial charge in [0.2, 0.25) is 15.7 Å². The molecule has 1 aromatic carbocycles. The van der Waals surface area contributed by atoms with E-state index in [0.717, 1.165) is 0 Å². The summed E-state index contributed by atoms with van der Waals surface area (Å²) >= 11 is 5.83. The van der Waals surface area contributed by atoms with E-state index in [0.29, 0.717) is 17.0 Å². The van der Waals surface area contributed by atoms with Gasteiger partial charge in [-0.3, -0.25) is 0 Å². The zero-order chi connectivity index (χ0) is 21.8. The zero-order valence-electron chi connectivity index (χ0n) is 17.1. The molecule has 1 atom stereocenters. The molecule has 0 unspecified atom stereocenters. The Labute approximate surface area is 175 Å². The molecule has 2 aromatic rings. The number of carbonyl (C=O) groups excluding carboxylic acids is 1. The van der Waals surface area contributed by atoms with Crippen LogP contribution in [0.4, 0.5) is 4.79 Å². The van der Waals surface area contributed by atoms with Crippen LogP contribution < -0.4 is 5.32 Å². The average molecular weight is 444 g/mol. The topological polar surface area (TPSA) is 111 Å². The van der Waals surface area contributed by atoms with Crippen molar-refractivity contribution in [2.24, 2.45) is 5.92 Å². The van der Waals surface area contributed by atoms with Crippen molar-refractivity contribution >= 4 is 27.5 Å². The standard InChI is InChI=1S/C19H26ClN3O5S/c1-12(2)10-15(21-17(24)28-19(3,4)5)16-22-23-18(27-16)29(25,26)11-13-6-8-14(20)9-7-13/h6-9,12,15H,10-11H2,1-5H3,(H,21,24)/t15-/m0/s1. The maximum absolute atomic E-state index is 12.6. The Hall–Kier alpha value is -2.13. The van der Waals surface area contributed by atoms with Crippen molar-refractivity contribution in [1.29, 1.82) is 0 Å². The number of nitrogens with one attached hydrogen (secondary N) is 1. The van der Waals surface area contributed by atoms with Crippen molar-refractivity contribution in [3.05, 3.63) is 40.7 Å². The third-order valence-corrected chi connectivity index (χ3v) is 5.32. The van der Waals surface area contributed by atoms with Gasteiger partial charge >= 0.3 is 11.3 Å². The molecule has 1 amide bonds. The Balaban J connectivity index is 2.20. The van der Waals surface area contributed by atoms with Crippen LogP contribution in [0.1, 0.15) is 58.5 Å². The number of benzene rings is 1. The molecular weight excluding hydrogens is 418 g/mol. The summed E-state index contributed by atoms with van der Waals surface area (Å²) in [6, 6.07) is 5.77. The lowest BCUT2D eigenvalue weighted by Crippen LogP contribution is -2.35. The Kier molecular flexibility index (Phi) is 7.29. The monoisotopic (exact) mass is 443 g/mol. The van der Waals surface area contributed by atoms with Gasteiger partial charge in [0.1, 0.15) is 11.6 Å². The molecule has 0 aliphatic heterocycles. The smallest absolute Gasteiger partial charge is 0.408 e. The molecule has 1 heterocycles. The molecule has 1 N–H and O–H groups in total. The number of halogens is 1. The van der Waals surface area contributed by atoms with Crippen molar-refractivity contribution in [3.8, 4) is 0 Å². The van der Waals surface area contributed by atoms with E-state index in [1.54, 1.807) is 45.0 Å². The highest BCUT2D eigenvalue weighted by atomic mass is 35.5. The van der Waals surface area contributed by atoms with Gasteiger partial charge in [0.25, 0.3) is 0 Å². The molecule has 0 aliphatic carbocycles. The second kappa shape index (κ2) is 9.13. The number of carbonyl (C=O) groups is 1. The normalized spacial score (nSPS) is 13.3. The van der Waals surface area contributed by atoms with Gasteiger partial charge in [-0.05, 0) is 50.8 Å². The fourth-order valence-electron chi connectivity index (χ4n) is 2.49. The minimum atomic E-state index is -3.85. The van der Waals surface area contributed by atoms with Crippen LogP contribution in [0.3, 0.4) is 0 Å². The van der Waals surface area contributed by atoms with Crippen molar-refractivity contribution in [3.63, 3.8) is 0 Å². The van der Waals surface area contributed by atoms with Crippen molar-refractivity contribution < 1.29 is 22.4 Å². The molecule has 0 spiro atoms. The maximum Gasteiger partial charge on any atom is 0.408 e. The van der Waals surface area contributed by atoms with Crippen molar-refractivity contribution in [2.45, 2.75) is 63.7 Å². The second-order valence-corrected chi connectivity index (χ2v) is 10.4. The molecule has 0 fully saturated rings. The maximum atomic E-state index is 12.6. The Morgan fingerprint density at radius 2 is 1.83 bits per heavy atom. The summed E-state index contributed by atoms with van der Waals surface area (Å²) in [5.41, 5.74) is -0.131. The molecule has 0 bridgehead atoms. The SMILES string of the molecule is CC(C)C[C@H](NC(=O)OC(C)(C)C)c1nnc(S(=O)(=O)Cc2ccc(Cl)cc2)o1. The molecule has 0 saturated heterocycles. The van der Waals surface area contributed by atoms with Crippen molar-refractivity contribution in [1.82, 2.24) is 15.5 Å². The molecule has 29 heavy (non-hydrogen) atoms. The summed E-state index contributed by atoms with van der Waals surface area (Å²) in [6.45, 7) is 9.16. The van der Waals surface area contributed by atoms with E-state index < -0.39 is 32.8 Å². The molecule has 2 rings (SSSR count). The first-order valence-electron chi connectivity index (χ1n) is 9.16. The van der Waals surface area contributed by atoms with E-state index >= 15 is 0 Å². The summed E-state index contributed by atoms with van der Waals surface area (Å²) in [5, 5.41) is 10.2. The molecular formula is C19H26ClN3O5S. The van der Waals surface area contributed by atoms with Crippen LogP contribution in [0, 0.1) is 5.92 Å². The number of ether oxygens (including phenoxy) is 1. The van der Waals surface area contributed by atoms with Gasteiger partial charge in [0, 0.05) is 5.02 Å². The predicted octanol–water partition coefficient (Wildman–Crippen LogP) is 4.31. The Morgan fingerprint density at radius 3 is 2.38 bits per heavy atom. The van der Waals surface area contributed by atoms with Gasteiger partial charge in [-0.1, -0.05) is 42.7 Å². The molecule has 0 radical (unpaired) electrons. The number of hydrogen-bond donors (Lipinski definition) is 1. The van der Waals surface area contributed by atoms with Gasteiger partial charge < -0.3 is 14.5 Å². The number of alkyl carbamates (subject to hydrolysis) is 1. The van der Waals surface area contributed by atoms with E-state index in [4.69, 9.17) is 20.8 Å². The highest BCUT2D eigenvalue weighted by Gasteiger charge is 2.29. The first-order valence-corrected chi connectivity index (χ1v) is 11.2. The van der Waals surface area contributed by atoms with Crippen LogP contribution in [0.5, 0.6) is 0 Å². The Bertz CT molecular complexity index is 933. The third kappa shape index (κ3) is 7.32. The van der Waals surface area contributed by atoms with E-state index in [1.165, 1.54) is 0 Å². The van der Waals surface area contributed by atoms with Gasteiger partial charge in [-0.15, -0.1) is 5.10 Å². The van der Waals surface area contributed by atoms with Gasteiger partial charge in [-0.25, -0.2) is 13.2 Å². The average Bonchev–Trinajstić information content (AvgIpc) is 3.05. The molecule has 0 aliphatic rings. The lowest BCUT2D eigenvalue weighted by Gasteiger charge is -2.22. The fourth-order valence-corrected chi connectivity index (χ4v) is 3.75. The lowest BCUT2D eigenvalue weighted by atomic mass is 10.0. The van der Waals surface area contributed by atoms with E-state index in [2.05, 4.69) is 15.5 Å². The predicted molar refractivity (Wildman–Crippen MR) is 108 cm³/mol. The van der Waals surface area contributed by atoms with Crippen LogP contribution in [-0.4, -0.2) is 30.3 Å². The lowest BCUT2D eigenvalue weighted by molar-refractivity contribution is 0.0487. The number of nitrogens with zero attached hydrogens (tertiary/aromatic N) is 2. The first kappa shape index (κ1) is 23.2. The first-order chi connectivity index (χ1) is 13.4. The minimum absolute atomic E-state index is 0.0132. The number of sulfone groups is 1. The number of aromatic nitrogens is 2. The summed E-state index contributed by atoms with van der Waals surface area (Å²) in [4.78, 5) is 12.1. The van der Waals surface area contributed by atoms with E-state index in [1.807, 2.05) is 13.8 Å². The molecule has 10 heteroatoms. The van der Waals surface area contributed by atoms with Gasteiger partial charge in [0.05, 0.1) is 5.75 Å². The van der Waals surface area contributed by atoms with Crippen LogP contribution in [0.15, 0.2) is 33.9 Å². The highest BCUT2D eigenvalue weighted by molar-refractivity contribution is 7.90. The van der Waals surface area contributed by atoms with Crippen LogP contribution in [0.2, 0.25) is 5.02 Å². The largest absolute Gasteiger partial charge is 0.444 e. The molecule has 160 valence electrons. The number of amides is 1. The minimum Gasteiger partial charge on any atom is -0.444 e. The third-order valence-electron chi connectivity index (χ3n) is 3.65. The number of rotatable bonds is 7. The zero-order valence-corrected chi connectivity index (χ0v) is 18.7. The second-order valence-electron chi connectivity index (χ2n) is 8.12. The van der Waals surface area contributed by atoms with Gasteiger partial charge in [-0.2, -0.15) is 0 Å². The van der Waals surface area contributed by atoms with Crippen molar-refractivity contribution in [2.75, 3.05) is 0 Å². The summed E-state index contributed by atoms with van der Waals surface area (Å²) < 4.78 is 35.9. The summed E-state index contributed by atoms with van der Waals surface area (Å²) in [7, 11) is -3.85. The highest BCUT2D eigenvalue weighted by Crippen LogP contribution is 2.24. The van der Waals surface area contributed by atoms with Gasteiger partial charge in [0.15, 0.2) is 0 Å². The van der Waals surface area contributed by atoms with Crippen LogP contribution >= 0.6 is 11.6 Å². The molecule has 1 aromatic heterocycles. The van der Waals surface area contributed by atoms with E-state index in [9.17, 15) is 13.2 Å². The molecule has 8 nitrogen and oxygen atoms in total. The van der Waals surface area contributed by atoms with Crippen LogP contribution in [0.25, 0.3) is 0 Å². The molecule has 0 saturated carbocycles. The summed E-state index contributed by atoms with van der Waals surface area (Å²) in [6.07, 6.45) is -0.176. The van der Waals surface area contributed by atoms with Crippen LogP contribution in [-0.2, 0) is 20.3 Å². The number of hydrogen-bond acceptors (Lipinski definition) is 7. The Morgan fingerprint density at radius 1 is 1.21 bits per heavy atom. The fraction of sp³-hybridized carbons (Fsp3) is 0.526.